The van der Waals surface area contributed by atoms with Crippen molar-refractivity contribution in [3.63, 3.8) is 0 Å². The Bertz CT molecular complexity index is 374. The molecule has 1 N–H and O–H groups in total. The van der Waals surface area contributed by atoms with E-state index in [9.17, 15) is 9.59 Å². The molecule has 88 valence electrons. The molecule has 0 unspecified atom stereocenters. The number of ether oxygens (including phenoxy) is 1. The zero-order valence-corrected chi connectivity index (χ0v) is 10.8. The quantitative estimate of drug-likeness (QED) is 0.855. The van der Waals surface area contributed by atoms with Gasteiger partial charge in [-0.2, -0.15) is 11.3 Å². The van der Waals surface area contributed by atoms with Gasteiger partial charge in [-0.25, -0.2) is 4.79 Å². The minimum atomic E-state index is -2.18. The van der Waals surface area contributed by atoms with Crippen LogP contribution in [-0.2, 0) is 16.1 Å². The number of hydrogen-bond donors (Lipinski definition) is 1. The van der Waals surface area contributed by atoms with E-state index < -0.39 is 15.8 Å². The van der Waals surface area contributed by atoms with Gasteiger partial charge in [0, 0.05) is 5.56 Å². The Kier molecular flexibility index (Phi) is 4.86. The van der Waals surface area contributed by atoms with Crippen LogP contribution in [0.2, 0.25) is 0 Å². The number of rotatable bonds is 2. The number of alkyl halides is 3. The summed E-state index contributed by atoms with van der Waals surface area (Å²) in [5, 5.41) is 5.44. The molecule has 0 aliphatic heterocycles. The lowest BCUT2D eigenvalue weighted by molar-refractivity contribution is -0.119. The SMILES string of the molecule is O=C(NC(=O)C(Cl)(Cl)Cl)OCc1ccsc1. The van der Waals surface area contributed by atoms with Gasteiger partial charge >= 0.3 is 6.09 Å². The second-order valence-electron chi connectivity index (χ2n) is 2.66. The zero-order valence-electron chi connectivity index (χ0n) is 7.71. The number of thiophene rings is 1. The molecule has 0 radical (unpaired) electrons. The Labute approximate surface area is 110 Å². The maximum Gasteiger partial charge on any atom is 0.414 e. The van der Waals surface area contributed by atoms with Crippen LogP contribution in [0.4, 0.5) is 4.79 Å². The number of nitrogens with one attached hydrogen (secondary N) is 1. The minimum absolute atomic E-state index is 0.0580. The van der Waals surface area contributed by atoms with Crippen molar-refractivity contribution in [2.75, 3.05) is 0 Å². The Balaban J connectivity index is 2.34. The molecule has 4 nitrogen and oxygen atoms in total. The Morgan fingerprint density at radius 2 is 2.12 bits per heavy atom. The van der Waals surface area contributed by atoms with Crippen LogP contribution < -0.4 is 5.32 Å². The van der Waals surface area contributed by atoms with Crippen LogP contribution in [0, 0.1) is 0 Å². The highest BCUT2D eigenvalue weighted by molar-refractivity contribution is 7.07. The lowest BCUT2D eigenvalue weighted by Gasteiger charge is -2.10. The fourth-order valence-corrected chi connectivity index (χ4v) is 1.52. The molecule has 1 aromatic heterocycles. The van der Waals surface area contributed by atoms with Crippen molar-refractivity contribution in [1.29, 1.82) is 0 Å². The second kappa shape index (κ2) is 5.72. The predicted molar refractivity (Wildman–Crippen MR) is 62.9 cm³/mol. The summed E-state index contributed by atoms with van der Waals surface area (Å²) in [6, 6.07) is 1.79. The van der Waals surface area contributed by atoms with E-state index in [4.69, 9.17) is 39.5 Å². The third kappa shape index (κ3) is 4.57. The summed E-state index contributed by atoms with van der Waals surface area (Å²) in [7, 11) is 0. The van der Waals surface area contributed by atoms with Gasteiger partial charge in [-0.1, -0.05) is 34.8 Å². The number of hydrogen-bond acceptors (Lipinski definition) is 4. The number of carbonyl (C=O) groups excluding carboxylic acids is 2. The van der Waals surface area contributed by atoms with Crippen molar-refractivity contribution in [3.8, 4) is 0 Å². The summed E-state index contributed by atoms with van der Waals surface area (Å²) in [6.07, 6.45) is -0.956. The first-order chi connectivity index (χ1) is 7.39. The monoisotopic (exact) mass is 301 g/mol. The van der Waals surface area contributed by atoms with E-state index in [1.165, 1.54) is 11.3 Å². The highest BCUT2D eigenvalue weighted by Crippen LogP contribution is 2.25. The standard InChI is InChI=1S/C8H6Cl3NO3S/c9-8(10,11)6(13)12-7(14)15-3-5-1-2-16-4-5/h1-2,4H,3H2,(H,12,13,14). The molecule has 0 aliphatic carbocycles. The highest BCUT2D eigenvalue weighted by Gasteiger charge is 2.32. The van der Waals surface area contributed by atoms with E-state index in [1.807, 2.05) is 10.8 Å². The first kappa shape index (κ1) is 13.6. The van der Waals surface area contributed by atoms with Crippen molar-refractivity contribution < 1.29 is 14.3 Å². The average molecular weight is 303 g/mol. The highest BCUT2D eigenvalue weighted by atomic mass is 35.6. The third-order valence-electron chi connectivity index (χ3n) is 1.42. The zero-order chi connectivity index (χ0) is 12.2. The largest absolute Gasteiger partial charge is 0.444 e. The summed E-state index contributed by atoms with van der Waals surface area (Å²) in [5.41, 5.74) is 0.821. The van der Waals surface area contributed by atoms with Crippen molar-refractivity contribution in [1.82, 2.24) is 5.32 Å². The number of amides is 2. The van der Waals surface area contributed by atoms with E-state index >= 15 is 0 Å². The minimum Gasteiger partial charge on any atom is -0.444 e. The van der Waals surface area contributed by atoms with Crippen molar-refractivity contribution >= 4 is 58.1 Å². The van der Waals surface area contributed by atoms with Crippen LogP contribution in [0.5, 0.6) is 0 Å². The van der Waals surface area contributed by atoms with Crippen LogP contribution in [0.1, 0.15) is 5.56 Å². The average Bonchev–Trinajstić information content (AvgIpc) is 2.65. The van der Waals surface area contributed by atoms with Gasteiger partial charge in [-0.05, 0) is 16.8 Å². The predicted octanol–water partition coefficient (Wildman–Crippen LogP) is 2.87. The molecule has 1 aromatic rings. The Morgan fingerprint density at radius 3 is 2.62 bits per heavy atom. The van der Waals surface area contributed by atoms with Gasteiger partial charge in [0.15, 0.2) is 0 Å². The van der Waals surface area contributed by atoms with Crippen LogP contribution in [-0.4, -0.2) is 15.8 Å². The first-order valence-electron chi connectivity index (χ1n) is 3.95. The van der Waals surface area contributed by atoms with Crippen LogP contribution in [0.15, 0.2) is 16.8 Å². The summed E-state index contributed by atoms with van der Waals surface area (Å²) in [4.78, 5) is 22.1. The van der Waals surface area contributed by atoms with Gasteiger partial charge in [0.1, 0.15) is 6.61 Å². The van der Waals surface area contributed by atoms with Crippen LogP contribution >= 0.6 is 46.1 Å². The summed E-state index contributed by atoms with van der Waals surface area (Å²) in [5.74, 6) is -1.05. The fourth-order valence-electron chi connectivity index (χ4n) is 0.723. The molecule has 0 aromatic carbocycles. The lowest BCUT2D eigenvalue weighted by atomic mass is 10.4. The third-order valence-corrected chi connectivity index (χ3v) is 2.67. The molecule has 0 spiro atoms. The first-order valence-corrected chi connectivity index (χ1v) is 6.03. The molecule has 0 saturated carbocycles. The molecular weight excluding hydrogens is 297 g/mol. The Morgan fingerprint density at radius 1 is 1.44 bits per heavy atom. The lowest BCUT2D eigenvalue weighted by Crippen LogP contribution is -2.39. The molecule has 0 fully saturated rings. The molecule has 0 bridgehead atoms. The fraction of sp³-hybridized carbons (Fsp3) is 0.250. The molecule has 1 rings (SSSR count). The molecule has 0 saturated heterocycles. The molecule has 8 heteroatoms. The van der Waals surface area contributed by atoms with Crippen molar-refractivity contribution in [3.05, 3.63) is 22.4 Å². The van der Waals surface area contributed by atoms with Crippen LogP contribution in [0.3, 0.4) is 0 Å². The Hall–Kier alpha value is -0.490. The molecule has 16 heavy (non-hydrogen) atoms. The summed E-state index contributed by atoms with van der Waals surface area (Å²) in [6.45, 7) is 0.0580. The van der Waals surface area contributed by atoms with Crippen LogP contribution in [0.25, 0.3) is 0 Å². The van der Waals surface area contributed by atoms with Crippen molar-refractivity contribution in [2.24, 2.45) is 0 Å². The van der Waals surface area contributed by atoms with Gasteiger partial charge in [0.2, 0.25) is 0 Å². The number of imide groups is 1. The van der Waals surface area contributed by atoms with Gasteiger partial charge in [0.25, 0.3) is 9.70 Å². The van der Waals surface area contributed by atoms with Gasteiger partial charge in [-0.3, -0.25) is 10.1 Å². The van der Waals surface area contributed by atoms with Gasteiger partial charge in [-0.15, -0.1) is 0 Å². The smallest absolute Gasteiger partial charge is 0.414 e. The number of halogens is 3. The second-order valence-corrected chi connectivity index (χ2v) is 5.72. The molecule has 2 amide bonds. The van der Waals surface area contributed by atoms with E-state index in [0.717, 1.165) is 5.56 Å². The summed E-state index contributed by atoms with van der Waals surface area (Å²) < 4.78 is 2.53. The number of alkyl carbamates (subject to hydrolysis) is 1. The van der Waals surface area contributed by atoms with E-state index in [1.54, 1.807) is 11.4 Å². The summed E-state index contributed by atoms with van der Waals surface area (Å²) >= 11 is 17.2. The molecular formula is C8H6Cl3NO3S. The maximum absolute atomic E-state index is 11.1. The van der Waals surface area contributed by atoms with Gasteiger partial charge < -0.3 is 4.74 Å². The van der Waals surface area contributed by atoms with Crippen molar-refractivity contribution in [2.45, 2.75) is 10.4 Å². The molecule has 0 aliphatic rings. The molecule has 1 heterocycles. The van der Waals surface area contributed by atoms with E-state index in [0.29, 0.717) is 0 Å². The van der Waals surface area contributed by atoms with Gasteiger partial charge in [0.05, 0.1) is 0 Å². The maximum atomic E-state index is 11.1. The number of carbonyl (C=O) groups is 2. The molecule has 0 atom stereocenters. The normalized spacial score (nSPS) is 10.9. The van der Waals surface area contributed by atoms with E-state index in [-0.39, 0.29) is 6.61 Å². The topological polar surface area (TPSA) is 55.4 Å². The van der Waals surface area contributed by atoms with E-state index in [2.05, 4.69) is 0 Å².